The zero-order chi connectivity index (χ0) is 15.3. The number of hydroxylamine groups is 2. The number of amides is 1. The Balaban J connectivity index is 2.52. The van der Waals surface area contributed by atoms with Gasteiger partial charge in [0.25, 0.3) is 0 Å². The Morgan fingerprint density at radius 1 is 1.15 bits per heavy atom. The van der Waals surface area contributed by atoms with Gasteiger partial charge in [-0.15, -0.1) is 5.06 Å². The highest BCUT2D eigenvalue weighted by molar-refractivity contribution is 5.77. The SMILES string of the molecule is CN(C)CCCN(OC(=O)C1CC1)C(=O)OC(C)(C)C. The highest BCUT2D eigenvalue weighted by atomic mass is 16.8. The van der Waals surface area contributed by atoms with Gasteiger partial charge in [0.2, 0.25) is 0 Å². The molecule has 0 unspecified atom stereocenters. The minimum absolute atomic E-state index is 0.0474. The highest BCUT2D eigenvalue weighted by Gasteiger charge is 2.35. The summed E-state index contributed by atoms with van der Waals surface area (Å²) in [6.07, 6.45) is 1.80. The maximum atomic E-state index is 12.0. The summed E-state index contributed by atoms with van der Waals surface area (Å²) >= 11 is 0. The molecule has 20 heavy (non-hydrogen) atoms. The first kappa shape index (κ1) is 16.8. The van der Waals surface area contributed by atoms with E-state index < -0.39 is 11.7 Å². The Kier molecular flexibility index (Phi) is 5.80. The Hall–Kier alpha value is -1.30. The lowest BCUT2D eigenvalue weighted by Gasteiger charge is -2.26. The Labute approximate surface area is 121 Å². The van der Waals surface area contributed by atoms with Crippen molar-refractivity contribution in [2.75, 3.05) is 27.2 Å². The van der Waals surface area contributed by atoms with E-state index in [0.29, 0.717) is 13.0 Å². The molecule has 0 saturated heterocycles. The molecule has 116 valence electrons. The molecular weight excluding hydrogens is 260 g/mol. The van der Waals surface area contributed by atoms with Crippen molar-refractivity contribution in [3.05, 3.63) is 0 Å². The fraction of sp³-hybridized carbons (Fsp3) is 0.857. The number of hydrogen-bond donors (Lipinski definition) is 0. The summed E-state index contributed by atoms with van der Waals surface area (Å²) in [5, 5.41) is 1.05. The first-order chi connectivity index (χ1) is 9.19. The van der Waals surface area contributed by atoms with Crippen LogP contribution < -0.4 is 0 Å². The maximum Gasteiger partial charge on any atom is 0.443 e. The van der Waals surface area contributed by atoms with Gasteiger partial charge in [0.05, 0.1) is 12.5 Å². The first-order valence-corrected chi connectivity index (χ1v) is 7.06. The number of carbonyl (C=O) groups is 2. The largest absolute Gasteiger partial charge is 0.443 e. The summed E-state index contributed by atoms with van der Waals surface area (Å²) < 4.78 is 5.25. The third-order valence-electron chi connectivity index (χ3n) is 2.67. The fourth-order valence-corrected chi connectivity index (χ4v) is 1.52. The van der Waals surface area contributed by atoms with Gasteiger partial charge in [0, 0.05) is 0 Å². The molecule has 6 nitrogen and oxygen atoms in total. The third kappa shape index (κ3) is 6.75. The van der Waals surface area contributed by atoms with Crippen molar-refractivity contribution >= 4 is 12.1 Å². The molecule has 1 amide bonds. The van der Waals surface area contributed by atoms with Crippen LogP contribution in [0.4, 0.5) is 4.79 Å². The Bertz CT molecular complexity index is 346. The summed E-state index contributed by atoms with van der Waals surface area (Å²) in [7, 11) is 3.90. The molecule has 0 radical (unpaired) electrons. The fourth-order valence-electron chi connectivity index (χ4n) is 1.52. The highest BCUT2D eigenvalue weighted by Crippen LogP contribution is 2.30. The first-order valence-electron chi connectivity index (χ1n) is 7.06. The second kappa shape index (κ2) is 6.92. The Morgan fingerprint density at radius 2 is 1.75 bits per heavy atom. The number of nitrogens with zero attached hydrogens (tertiary/aromatic N) is 2. The molecule has 0 aromatic rings. The summed E-state index contributed by atoms with van der Waals surface area (Å²) in [5.74, 6) is -0.380. The van der Waals surface area contributed by atoms with Crippen molar-refractivity contribution in [1.82, 2.24) is 9.96 Å². The van der Waals surface area contributed by atoms with Crippen LogP contribution in [-0.2, 0) is 14.4 Å². The summed E-state index contributed by atoms with van der Waals surface area (Å²) in [6, 6.07) is 0. The van der Waals surface area contributed by atoms with Crippen molar-refractivity contribution in [2.45, 2.75) is 45.6 Å². The van der Waals surface area contributed by atoms with Crippen LogP contribution in [0, 0.1) is 5.92 Å². The van der Waals surface area contributed by atoms with Crippen LogP contribution >= 0.6 is 0 Å². The van der Waals surface area contributed by atoms with Crippen LogP contribution in [0.5, 0.6) is 0 Å². The summed E-state index contributed by atoms with van der Waals surface area (Å²) in [4.78, 5) is 30.9. The van der Waals surface area contributed by atoms with Gasteiger partial charge < -0.3 is 14.5 Å². The van der Waals surface area contributed by atoms with Crippen LogP contribution in [0.1, 0.15) is 40.0 Å². The van der Waals surface area contributed by atoms with E-state index in [4.69, 9.17) is 9.57 Å². The van der Waals surface area contributed by atoms with Crippen LogP contribution in [0.25, 0.3) is 0 Å². The lowest BCUT2D eigenvalue weighted by molar-refractivity contribution is -0.186. The zero-order valence-electron chi connectivity index (χ0n) is 13.1. The lowest BCUT2D eigenvalue weighted by Crippen LogP contribution is -2.40. The standard InChI is InChI=1S/C14H26N2O4/c1-14(2,3)19-13(18)16(10-6-9-15(4)5)20-12(17)11-7-8-11/h11H,6-10H2,1-5H3. The topological polar surface area (TPSA) is 59.1 Å². The summed E-state index contributed by atoms with van der Waals surface area (Å²) in [5.41, 5.74) is -0.608. The molecular formula is C14H26N2O4. The minimum Gasteiger partial charge on any atom is -0.442 e. The van der Waals surface area contributed by atoms with Crippen LogP contribution in [0.3, 0.4) is 0 Å². The quantitative estimate of drug-likeness (QED) is 0.724. The molecule has 1 fully saturated rings. The van der Waals surface area contributed by atoms with E-state index in [9.17, 15) is 9.59 Å². The van der Waals surface area contributed by atoms with Crippen molar-refractivity contribution in [1.29, 1.82) is 0 Å². The Morgan fingerprint density at radius 3 is 2.20 bits per heavy atom. The van der Waals surface area contributed by atoms with Crippen molar-refractivity contribution in [2.24, 2.45) is 5.92 Å². The smallest absolute Gasteiger partial charge is 0.442 e. The van der Waals surface area contributed by atoms with E-state index in [1.54, 1.807) is 20.8 Å². The molecule has 0 bridgehead atoms. The van der Waals surface area contributed by atoms with E-state index in [2.05, 4.69) is 0 Å². The number of ether oxygens (including phenoxy) is 1. The second-order valence-electron chi connectivity index (χ2n) is 6.42. The van der Waals surface area contributed by atoms with Crippen LogP contribution in [0.15, 0.2) is 0 Å². The molecule has 0 N–H and O–H groups in total. The van der Waals surface area contributed by atoms with Crippen LogP contribution in [-0.4, -0.2) is 54.8 Å². The third-order valence-corrected chi connectivity index (χ3v) is 2.67. The van der Waals surface area contributed by atoms with Gasteiger partial charge in [-0.25, -0.2) is 9.59 Å². The monoisotopic (exact) mass is 286 g/mol. The number of hydrogen-bond acceptors (Lipinski definition) is 5. The number of carbonyl (C=O) groups excluding carboxylic acids is 2. The van der Waals surface area contributed by atoms with E-state index in [1.165, 1.54) is 0 Å². The normalized spacial score (nSPS) is 15.1. The molecule has 1 saturated carbocycles. The van der Waals surface area contributed by atoms with Gasteiger partial charge in [-0.3, -0.25) is 0 Å². The molecule has 1 aliphatic carbocycles. The van der Waals surface area contributed by atoms with Gasteiger partial charge in [-0.05, 0) is 60.7 Å². The molecule has 1 aliphatic rings. The molecule has 0 spiro atoms. The molecule has 6 heteroatoms. The molecule has 0 heterocycles. The zero-order valence-corrected chi connectivity index (χ0v) is 13.1. The van der Waals surface area contributed by atoms with Gasteiger partial charge >= 0.3 is 12.1 Å². The average Bonchev–Trinajstić information content (AvgIpc) is 3.08. The van der Waals surface area contributed by atoms with Crippen LogP contribution in [0.2, 0.25) is 0 Å². The minimum atomic E-state index is -0.608. The number of rotatable bonds is 5. The molecule has 0 atom stereocenters. The van der Waals surface area contributed by atoms with E-state index in [0.717, 1.165) is 24.4 Å². The van der Waals surface area contributed by atoms with Crippen molar-refractivity contribution in [3.63, 3.8) is 0 Å². The maximum absolute atomic E-state index is 12.0. The van der Waals surface area contributed by atoms with E-state index in [-0.39, 0.29) is 11.9 Å². The summed E-state index contributed by atoms with van der Waals surface area (Å²) in [6.45, 7) is 6.49. The van der Waals surface area contributed by atoms with Gasteiger partial charge in [0.1, 0.15) is 5.60 Å². The van der Waals surface area contributed by atoms with E-state index >= 15 is 0 Å². The van der Waals surface area contributed by atoms with Gasteiger partial charge in [0.15, 0.2) is 0 Å². The molecule has 0 aromatic carbocycles. The van der Waals surface area contributed by atoms with Crippen molar-refractivity contribution < 1.29 is 19.2 Å². The second-order valence-corrected chi connectivity index (χ2v) is 6.42. The molecule has 1 rings (SSSR count). The predicted octanol–water partition coefficient (Wildman–Crippen LogP) is 2.04. The van der Waals surface area contributed by atoms with Crippen molar-refractivity contribution in [3.8, 4) is 0 Å². The average molecular weight is 286 g/mol. The van der Waals surface area contributed by atoms with Gasteiger partial charge in [-0.2, -0.15) is 0 Å². The lowest BCUT2D eigenvalue weighted by atomic mass is 10.2. The predicted molar refractivity (Wildman–Crippen MR) is 74.9 cm³/mol. The molecule has 0 aliphatic heterocycles. The van der Waals surface area contributed by atoms with E-state index in [1.807, 2.05) is 19.0 Å². The van der Waals surface area contributed by atoms with Gasteiger partial charge in [-0.1, -0.05) is 0 Å². The molecule has 0 aromatic heterocycles.